The molecule has 0 N–H and O–H groups in total. The Hall–Kier alpha value is -6.30. The number of benzene rings is 6. The fourth-order valence-electron chi connectivity index (χ4n) is 8.07. The van der Waals surface area contributed by atoms with Crippen LogP contribution in [-0.4, -0.2) is 29.9 Å². The van der Waals surface area contributed by atoms with E-state index in [1.165, 1.54) is 12.1 Å². The normalized spacial score (nSPS) is 12.8. The molecule has 4 heterocycles. The third-order valence-corrected chi connectivity index (χ3v) is 10.9. The largest absolute Gasteiger partial charge is 0.452 e. The molecule has 0 saturated carbocycles. The van der Waals surface area contributed by atoms with Gasteiger partial charge in [-0.15, -0.1) is 0 Å². The average Bonchev–Trinajstić information content (AvgIpc) is 3.74. The lowest BCUT2D eigenvalue weighted by Crippen LogP contribution is -2.09. The first-order valence-corrected chi connectivity index (χ1v) is 19.4. The Morgan fingerprint density at radius 3 is 1.02 bits per heavy atom. The molecule has 4 aromatic heterocycles. The van der Waals surface area contributed by atoms with Crippen LogP contribution in [0.2, 0.25) is 0 Å². The van der Waals surface area contributed by atoms with Gasteiger partial charge in [-0.2, -0.15) is 0 Å². The molecule has 0 saturated heterocycles. The molecule has 0 bridgehead atoms. The molecule has 0 aliphatic carbocycles. The minimum absolute atomic E-state index is 0.0419. The lowest BCUT2D eigenvalue weighted by molar-refractivity contribution is 0.563. The molecule has 0 atom stereocenters. The van der Waals surface area contributed by atoms with Gasteiger partial charge in [0.05, 0.1) is 0 Å². The van der Waals surface area contributed by atoms with Gasteiger partial charge in [0.15, 0.2) is 34.4 Å². The van der Waals surface area contributed by atoms with Crippen LogP contribution in [0.5, 0.6) is 0 Å². The highest BCUT2D eigenvalue weighted by molar-refractivity contribution is 6.38. The molecule has 12 heteroatoms. The van der Waals surface area contributed by atoms with Crippen molar-refractivity contribution in [1.29, 1.82) is 0 Å². The summed E-state index contributed by atoms with van der Waals surface area (Å²) >= 11 is 0. The molecule has 0 aliphatic rings. The number of fused-ring (bicyclic) bond motifs is 8. The summed E-state index contributed by atoms with van der Waals surface area (Å²) < 4.78 is 73.8. The summed E-state index contributed by atoms with van der Waals surface area (Å²) in [7, 11) is 0. The fourth-order valence-corrected chi connectivity index (χ4v) is 8.07. The van der Waals surface area contributed by atoms with Gasteiger partial charge in [-0.25, -0.2) is 47.5 Å². The molecule has 0 fully saturated rings. The van der Waals surface area contributed by atoms with Crippen LogP contribution in [0, 0.1) is 23.3 Å². The van der Waals surface area contributed by atoms with E-state index in [1.807, 2.05) is 79.7 Å². The van der Waals surface area contributed by atoms with E-state index in [4.69, 9.17) is 38.7 Å². The molecular formula is C46H36F4N6O2. The van der Waals surface area contributed by atoms with Gasteiger partial charge in [-0.1, -0.05) is 55.4 Å². The average molecular weight is 781 g/mol. The number of halogens is 4. The Kier molecular flexibility index (Phi) is 7.83. The number of furan rings is 2. The van der Waals surface area contributed by atoms with Gasteiger partial charge < -0.3 is 8.83 Å². The van der Waals surface area contributed by atoms with Gasteiger partial charge in [0.1, 0.15) is 46.1 Å². The molecule has 10 rings (SSSR count). The minimum Gasteiger partial charge on any atom is -0.452 e. The maximum atomic E-state index is 15.6. The zero-order valence-corrected chi connectivity index (χ0v) is 32.9. The molecule has 58 heavy (non-hydrogen) atoms. The third-order valence-electron chi connectivity index (χ3n) is 10.9. The Morgan fingerprint density at radius 2 is 0.690 bits per heavy atom. The topological polar surface area (TPSA) is 104 Å². The number of rotatable bonds is 6. The molecule has 10 aromatic rings. The van der Waals surface area contributed by atoms with Gasteiger partial charge in [0.2, 0.25) is 0 Å². The van der Waals surface area contributed by atoms with E-state index >= 15 is 8.78 Å². The van der Waals surface area contributed by atoms with Gasteiger partial charge in [0.25, 0.3) is 0 Å². The monoisotopic (exact) mass is 780 g/mol. The van der Waals surface area contributed by atoms with Crippen molar-refractivity contribution in [3.8, 4) is 22.8 Å². The highest BCUT2D eigenvalue weighted by Crippen LogP contribution is 2.51. The zero-order valence-electron chi connectivity index (χ0n) is 32.9. The van der Waals surface area contributed by atoms with Crippen molar-refractivity contribution in [1.82, 2.24) is 29.9 Å². The van der Waals surface area contributed by atoms with Crippen molar-refractivity contribution in [2.75, 3.05) is 0 Å². The molecule has 6 aromatic carbocycles. The second-order valence-corrected chi connectivity index (χ2v) is 16.4. The van der Waals surface area contributed by atoms with Crippen molar-refractivity contribution in [2.45, 2.75) is 79.1 Å². The number of hydrogen-bond donors (Lipinski definition) is 0. The van der Waals surface area contributed by atoms with Crippen molar-refractivity contribution in [3.05, 3.63) is 95.1 Å². The minimum atomic E-state index is -0.840. The van der Waals surface area contributed by atoms with E-state index in [2.05, 4.69) is 0 Å². The van der Waals surface area contributed by atoms with Crippen LogP contribution < -0.4 is 0 Å². The van der Waals surface area contributed by atoms with Crippen molar-refractivity contribution in [3.63, 3.8) is 0 Å². The fraction of sp³-hybridized carbons (Fsp3) is 0.261. The molecular weight excluding hydrogens is 745 g/mol. The Morgan fingerprint density at radius 1 is 0.362 bits per heavy atom. The molecule has 0 spiro atoms. The van der Waals surface area contributed by atoms with Crippen LogP contribution in [0.3, 0.4) is 0 Å². The van der Waals surface area contributed by atoms with E-state index in [0.717, 1.165) is 12.1 Å². The van der Waals surface area contributed by atoms with Gasteiger partial charge in [-0.3, -0.25) is 0 Å². The molecule has 8 nitrogen and oxygen atoms in total. The van der Waals surface area contributed by atoms with Gasteiger partial charge >= 0.3 is 0 Å². The lowest BCUT2D eigenvalue weighted by atomic mass is 9.86. The Balaban J connectivity index is 1.49. The van der Waals surface area contributed by atoms with Gasteiger partial charge in [-0.05, 0) is 47.2 Å². The van der Waals surface area contributed by atoms with Crippen molar-refractivity contribution in [2.24, 2.45) is 0 Å². The standard InChI is InChI=1S/C46H36F4N6O2/c1-17(2)41-51-42(18(3)4)54-45(53-41)29-15-31-36-24(14-28-26-10-22(48)12-34(50)40(26)57-37(28)31)30(46-55-43(19(5)6)52-44(56-46)20(7)8)16-32-35(36)23(29)13-27-25-9-21(47)11-33(49)39(25)58-38(27)32/h9-20H,1-8H3. The molecule has 290 valence electrons. The Bertz CT molecular complexity index is 3090. The highest BCUT2D eigenvalue weighted by atomic mass is 19.1. The summed E-state index contributed by atoms with van der Waals surface area (Å²) in [5.41, 5.74) is 1.59. The Labute approximate surface area is 328 Å². The van der Waals surface area contributed by atoms with E-state index in [-0.39, 0.29) is 45.6 Å². The van der Waals surface area contributed by atoms with E-state index in [9.17, 15) is 8.78 Å². The molecule has 0 amide bonds. The summed E-state index contributed by atoms with van der Waals surface area (Å²) in [5, 5.41) is 5.30. The highest BCUT2D eigenvalue weighted by Gasteiger charge is 2.28. The maximum absolute atomic E-state index is 15.6. The van der Waals surface area contributed by atoms with Crippen molar-refractivity contribution < 1.29 is 26.4 Å². The summed E-state index contributed by atoms with van der Waals surface area (Å²) in [6, 6.07) is 11.6. The van der Waals surface area contributed by atoms with E-state index < -0.39 is 23.3 Å². The maximum Gasteiger partial charge on any atom is 0.171 e. The first-order valence-electron chi connectivity index (χ1n) is 19.4. The lowest BCUT2D eigenvalue weighted by Gasteiger charge is -2.19. The third kappa shape index (κ3) is 5.26. The second-order valence-electron chi connectivity index (χ2n) is 16.4. The smallest absolute Gasteiger partial charge is 0.171 e. The number of nitrogens with zero attached hydrogens (tertiary/aromatic N) is 6. The van der Waals surface area contributed by atoms with Crippen LogP contribution in [0.15, 0.2) is 57.4 Å². The summed E-state index contributed by atoms with van der Waals surface area (Å²) in [6.07, 6.45) is 0. The summed E-state index contributed by atoms with van der Waals surface area (Å²) in [5.74, 6) is -0.228. The van der Waals surface area contributed by atoms with E-state index in [1.54, 1.807) is 0 Å². The number of hydrogen-bond acceptors (Lipinski definition) is 8. The molecule has 0 unspecified atom stereocenters. The predicted octanol–water partition coefficient (Wildman–Crippen LogP) is 13.1. The first kappa shape index (κ1) is 36.1. The zero-order chi connectivity index (χ0) is 40.6. The predicted molar refractivity (Wildman–Crippen MR) is 219 cm³/mol. The van der Waals surface area contributed by atoms with Crippen molar-refractivity contribution >= 4 is 76.2 Å². The quantitative estimate of drug-likeness (QED) is 0.121. The molecule has 0 radical (unpaired) electrons. The van der Waals surface area contributed by atoms with Crippen LogP contribution in [0.4, 0.5) is 17.6 Å². The van der Waals surface area contributed by atoms with Gasteiger partial charge in [0, 0.05) is 90.0 Å². The summed E-state index contributed by atoms with van der Waals surface area (Å²) in [4.78, 5) is 29.5. The first-order chi connectivity index (χ1) is 27.7. The van der Waals surface area contributed by atoms with Crippen LogP contribution >= 0.6 is 0 Å². The second kappa shape index (κ2) is 12.6. The SMILES string of the molecule is CC(C)c1nc(-c2cc3c4oc5c(F)cc(F)cc5c4cc4c(-c5nc(C(C)C)nc(C(C)C)n5)cc5c6oc7c(F)cc(F)cc7c6cc2c5c43)nc(C(C)C)n1. The van der Waals surface area contributed by atoms with E-state index in [0.29, 0.717) is 100 Å². The van der Waals surface area contributed by atoms with Crippen LogP contribution in [-0.2, 0) is 0 Å². The summed E-state index contributed by atoms with van der Waals surface area (Å²) in [6.45, 7) is 16.0. The van der Waals surface area contributed by atoms with Crippen LogP contribution in [0.1, 0.15) is 102 Å². The number of aromatic nitrogens is 6. The van der Waals surface area contributed by atoms with Crippen LogP contribution in [0.25, 0.3) is 99.0 Å². The molecule has 0 aliphatic heterocycles.